The Balaban J connectivity index is 1.72. The average molecular weight is 282 g/mol. The third-order valence-corrected chi connectivity index (χ3v) is 4.19. The maximum absolute atomic E-state index is 6.21. The molecule has 1 aliphatic rings. The maximum Gasteiger partial charge on any atom is 0.0453 e. The third kappa shape index (κ3) is 4.46. The molecule has 0 aromatic heterocycles. The molecule has 1 aromatic carbocycles. The Morgan fingerprint density at radius 1 is 1.21 bits per heavy atom. The van der Waals surface area contributed by atoms with Gasteiger partial charge in [0.2, 0.25) is 0 Å². The molecule has 1 atom stereocenters. The number of piperazine rings is 1. The molecule has 1 saturated heterocycles. The highest BCUT2D eigenvalue weighted by Crippen LogP contribution is 2.21. The highest BCUT2D eigenvalue weighted by molar-refractivity contribution is 6.31. The number of hydrogen-bond acceptors (Lipinski definition) is 3. The summed E-state index contributed by atoms with van der Waals surface area (Å²) in [5.41, 5.74) is 1.18. The molecule has 0 bridgehead atoms. The van der Waals surface area contributed by atoms with Crippen LogP contribution in [0, 0.1) is 0 Å². The molecule has 0 unspecified atom stereocenters. The van der Waals surface area contributed by atoms with E-state index >= 15 is 0 Å². The summed E-state index contributed by atoms with van der Waals surface area (Å²) in [6.45, 7) is 9.02. The molecule has 4 heteroatoms. The van der Waals surface area contributed by atoms with E-state index in [1.54, 1.807) is 0 Å². The van der Waals surface area contributed by atoms with Gasteiger partial charge in [0.25, 0.3) is 0 Å². The number of nitrogens with zero attached hydrogens (tertiary/aromatic N) is 2. The predicted molar refractivity (Wildman–Crippen MR) is 81.8 cm³/mol. The minimum Gasteiger partial charge on any atom is -0.309 e. The first-order valence-electron chi connectivity index (χ1n) is 7.05. The van der Waals surface area contributed by atoms with Gasteiger partial charge < -0.3 is 10.2 Å². The molecule has 2 rings (SSSR count). The normalized spacial score (nSPS) is 19.5. The van der Waals surface area contributed by atoms with Crippen LogP contribution in [0.5, 0.6) is 0 Å². The monoisotopic (exact) mass is 281 g/mol. The van der Waals surface area contributed by atoms with Crippen molar-refractivity contribution in [3.8, 4) is 0 Å². The standard InChI is InChI=1S/C15H24ClN3/c1-13(14-5-3-4-6-15(14)16)17-7-8-19-11-9-18(2)10-12-19/h3-6,13,17H,7-12H2,1-2H3/t13-/m1/s1. The largest absolute Gasteiger partial charge is 0.309 e. The SMILES string of the molecule is C[C@@H](NCCN1CCN(C)CC1)c1ccccc1Cl. The number of hydrogen-bond donors (Lipinski definition) is 1. The molecular formula is C15H24ClN3. The minimum atomic E-state index is 0.307. The molecule has 19 heavy (non-hydrogen) atoms. The van der Waals surface area contributed by atoms with Gasteiger partial charge >= 0.3 is 0 Å². The lowest BCUT2D eigenvalue weighted by Crippen LogP contribution is -2.46. The van der Waals surface area contributed by atoms with Crippen molar-refractivity contribution < 1.29 is 0 Å². The van der Waals surface area contributed by atoms with Gasteiger partial charge in [-0.25, -0.2) is 0 Å². The van der Waals surface area contributed by atoms with Crippen LogP contribution in [-0.2, 0) is 0 Å². The number of halogens is 1. The number of rotatable bonds is 5. The fourth-order valence-electron chi connectivity index (χ4n) is 2.45. The Morgan fingerprint density at radius 2 is 1.89 bits per heavy atom. The Hall–Kier alpha value is -0.610. The van der Waals surface area contributed by atoms with Crippen molar-refractivity contribution in [1.82, 2.24) is 15.1 Å². The Labute approximate surface area is 121 Å². The molecular weight excluding hydrogens is 258 g/mol. The van der Waals surface area contributed by atoms with Crippen LogP contribution in [0.25, 0.3) is 0 Å². The van der Waals surface area contributed by atoms with Crippen LogP contribution in [-0.4, -0.2) is 56.1 Å². The zero-order valence-electron chi connectivity index (χ0n) is 11.9. The molecule has 1 fully saturated rings. The summed E-state index contributed by atoms with van der Waals surface area (Å²) in [5, 5.41) is 4.41. The number of nitrogens with one attached hydrogen (secondary N) is 1. The van der Waals surface area contributed by atoms with E-state index in [4.69, 9.17) is 11.6 Å². The fourth-order valence-corrected chi connectivity index (χ4v) is 2.75. The summed E-state index contributed by atoms with van der Waals surface area (Å²) >= 11 is 6.21. The van der Waals surface area contributed by atoms with Gasteiger partial charge in [0.05, 0.1) is 0 Å². The van der Waals surface area contributed by atoms with Crippen molar-refractivity contribution in [2.45, 2.75) is 13.0 Å². The Kier molecular flexibility index (Phi) is 5.64. The smallest absolute Gasteiger partial charge is 0.0453 e. The second kappa shape index (κ2) is 7.25. The van der Waals surface area contributed by atoms with Crippen LogP contribution in [0.15, 0.2) is 24.3 Å². The lowest BCUT2D eigenvalue weighted by molar-refractivity contribution is 0.154. The van der Waals surface area contributed by atoms with E-state index < -0.39 is 0 Å². The molecule has 0 radical (unpaired) electrons. The summed E-state index contributed by atoms with van der Waals surface area (Å²) in [7, 11) is 2.19. The Bertz CT molecular complexity index is 389. The summed E-state index contributed by atoms with van der Waals surface area (Å²) in [4.78, 5) is 4.91. The minimum absolute atomic E-state index is 0.307. The highest BCUT2D eigenvalue weighted by atomic mass is 35.5. The van der Waals surface area contributed by atoms with E-state index in [9.17, 15) is 0 Å². The first-order chi connectivity index (χ1) is 9.16. The Morgan fingerprint density at radius 3 is 2.58 bits per heavy atom. The molecule has 106 valence electrons. The zero-order chi connectivity index (χ0) is 13.7. The van der Waals surface area contributed by atoms with E-state index in [1.165, 1.54) is 31.7 Å². The van der Waals surface area contributed by atoms with Crippen LogP contribution in [0.4, 0.5) is 0 Å². The second-order valence-electron chi connectivity index (χ2n) is 5.34. The van der Waals surface area contributed by atoms with Crippen LogP contribution < -0.4 is 5.32 Å². The average Bonchev–Trinajstić information content (AvgIpc) is 2.41. The summed E-state index contributed by atoms with van der Waals surface area (Å²) < 4.78 is 0. The van der Waals surface area contributed by atoms with E-state index in [-0.39, 0.29) is 0 Å². The van der Waals surface area contributed by atoms with Crippen LogP contribution in [0.2, 0.25) is 5.02 Å². The fraction of sp³-hybridized carbons (Fsp3) is 0.600. The van der Waals surface area contributed by atoms with Gasteiger partial charge in [-0.3, -0.25) is 4.90 Å². The second-order valence-corrected chi connectivity index (χ2v) is 5.75. The molecule has 0 amide bonds. The first-order valence-corrected chi connectivity index (χ1v) is 7.43. The summed E-state index contributed by atoms with van der Waals surface area (Å²) in [6, 6.07) is 8.37. The van der Waals surface area contributed by atoms with Gasteiger partial charge in [-0.1, -0.05) is 29.8 Å². The van der Waals surface area contributed by atoms with E-state index in [0.717, 1.165) is 18.1 Å². The summed E-state index contributed by atoms with van der Waals surface area (Å²) in [6.07, 6.45) is 0. The van der Waals surface area contributed by atoms with E-state index in [2.05, 4.69) is 35.2 Å². The molecule has 0 aliphatic carbocycles. The lowest BCUT2D eigenvalue weighted by atomic mass is 10.1. The molecule has 1 aliphatic heterocycles. The van der Waals surface area contributed by atoms with Crippen LogP contribution in [0.3, 0.4) is 0 Å². The van der Waals surface area contributed by atoms with Crippen LogP contribution in [0.1, 0.15) is 18.5 Å². The van der Waals surface area contributed by atoms with Crippen molar-refractivity contribution in [1.29, 1.82) is 0 Å². The molecule has 0 spiro atoms. The van der Waals surface area contributed by atoms with Gasteiger partial charge in [0, 0.05) is 50.3 Å². The van der Waals surface area contributed by atoms with Gasteiger partial charge in [-0.05, 0) is 25.6 Å². The topological polar surface area (TPSA) is 18.5 Å². The number of benzene rings is 1. The third-order valence-electron chi connectivity index (χ3n) is 3.85. The molecule has 1 aromatic rings. The lowest BCUT2D eigenvalue weighted by Gasteiger charge is -2.32. The van der Waals surface area contributed by atoms with Gasteiger partial charge in [-0.2, -0.15) is 0 Å². The summed E-state index contributed by atoms with van der Waals surface area (Å²) in [5.74, 6) is 0. The van der Waals surface area contributed by atoms with Crippen molar-refractivity contribution in [2.24, 2.45) is 0 Å². The van der Waals surface area contributed by atoms with Crippen LogP contribution >= 0.6 is 11.6 Å². The molecule has 0 saturated carbocycles. The van der Waals surface area contributed by atoms with Crippen molar-refractivity contribution >= 4 is 11.6 Å². The van der Waals surface area contributed by atoms with Gasteiger partial charge in [0.1, 0.15) is 0 Å². The first kappa shape index (κ1) is 14.8. The van der Waals surface area contributed by atoms with E-state index in [0.29, 0.717) is 6.04 Å². The van der Waals surface area contributed by atoms with E-state index in [1.807, 2.05) is 18.2 Å². The highest BCUT2D eigenvalue weighted by Gasteiger charge is 2.14. The molecule has 3 nitrogen and oxygen atoms in total. The maximum atomic E-state index is 6.21. The zero-order valence-corrected chi connectivity index (χ0v) is 12.7. The molecule has 1 N–H and O–H groups in total. The van der Waals surface area contributed by atoms with Gasteiger partial charge in [-0.15, -0.1) is 0 Å². The van der Waals surface area contributed by atoms with Crippen molar-refractivity contribution in [2.75, 3.05) is 46.3 Å². The predicted octanol–water partition coefficient (Wildman–Crippen LogP) is 2.24. The molecule has 1 heterocycles. The number of likely N-dealkylation sites (N-methyl/N-ethyl adjacent to an activating group) is 1. The quantitative estimate of drug-likeness (QED) is 0.893. The van der Waals surface area contributed by atoms with Crippen molar-refractivity contribution in [3.63, 3.8) is 0 Å². The van der Waals surface area contributed by atoms with Gasteiger partial charge in [0.15, 0.2) is 0 Å². The van der Waals surface area contributed by atoms with Crippen molar-refractivity contribution in [3.05, 3.63) is 34.9 Å².